The number of benzene rings is 3. The number of hydrogen-bond acceptors (Lipinski definition) is 5. The maximum atomic E-state index is 13.4. The number of esters is 1. The largest absolute Gasteiger partial charge is 0.457 e. The van der Waals surface area contributed by atoms with Crippen molar-refractivity contribution in [2.75, 3.05) is 6.79 Å². The van der Waals surface area contributed by atoms with E-state index in [1.54, 1.807) is 0 Å². The monoisotopic (exact) mass is 470 g/mol. The second kappa shape index (κ2) is 9.93. The first-order valence-electron chi connectivity index (χ1n) is 11.5. The van der Waals surface area contributed by atoms with Gasteiger partial charge in [0, 0.05) is 5.70 Å². The van der Waals surface area contributed by atoms with Gasteiger partial charge in [-0.15, -0.1) is 0 Å². The topological polar surface area (TPSA) is 85.9 Å². The lowest BCUT2D eigenvalue weighted by Crippen LogP contribution is -2.46. The van der Waals surface area contributed by atoms with Gasteiger partial charge in [0.1, 0.15) is 6.61 Å². The average molecular weight is 471 g/mol. The van der Waals surface area contributed by atoms with Gasteiger partial charge in [0.15, 0.2) is 11.5 Å². The Kier molecular flexibility index (Phi) is 6.39. The second-order valence-corrected chi connectivity index (χ2v) is 8.59. The van der Waals surface area contributed by atoms with Crippen LogP contribution < -0.4 is 20.1 Å². The standard InChI is InChI=1S/C28H26N2O5/c1-18-6-5-9-21(14-18)26-25(27(31)33-16-20-7-3-2-4-8-20)22(29-28(32)30-26)12-10-19-11-13-23-24(15-19)35-17-34-23/h2-9,11,13-15,26H,10,12,16-17H2,1H3,(H2,29,30,32). The minimum absolute atomic E-state index is 0.146. The van der Waals surface area contributed by atoms with E-state index < -0.39 is 12.0 Å². The van der Waals surface area contributed by atoms with Crippen molar-refractivity contribution in [2.24, 2.45) is 0 Å². The van der Waals surface area contributed by atoms with Gasteiger partial charge in [-0.25, -0.2) is 9.59 Å². The first-order chi connectivity index (χ1) is 17.1. The zero-order valence-corrected chi connectivity index (χ0v) is 19.4. The summed E-state index contributed by atoms with van der Waals surface area (Å²) in [6.07, 6.45) is 1.05. The quantitative estimate of drug-likeness (QED) is 0.489. The zero-order valence-electron chi connectivity index (χ0n) is 19.4. The predicted octanol–water partition coefficient (Wildman–Crippen LogP) is 4.71. The molecule has 7 nitrogen and oxygen atoms in total. The molecule has 2 aliphatic heterocycles. The number of ether oxygens (including phenoxy) is 3. The highest BCUT2D eigenvalue weighted by Gasteiger charge is 2.33. The summed E-state index contributed by atoms with van der Waals surface area (Å²) in [4.78, 5) is 26.0. The van der Waals surface area contributed by atoms with E-state index in [0.29, 0.717) is 35.6 Å². The molecule has 5 rings (SSSR count). The van der Waals surface area contributed by atoms with Crippen molar-refractivity contribution < 1.29 is 23.8 Å². The SMILES string of the molecule is Cc1cccc(C2NC(=O)NC(CCc3ccc4c(c3)OCO4)=C2C(=O)OCc2ccccc2)c1. The summed E-state index contributed by atoms with van der Waals surface area (Å²) in [5.41, 5.74) is 4.73. The molecule has 2 amide bonds. The highest BCUT2D eigenvalue weighted by molar-refractivity contribution is 5.95. The fourth-order valence-electron chi connectivity index (χ4n) is 4.32. The molecule has 0 aliphatic carbocycles. The Morgan fingerprint density at radius 2 is 1.77 bits per heavy atom. The van der Waals surface area contributed by atoms with Crippen molar-refractivity contribution in [1.29, 1.82) is 0 Å². The third-order valence-electron chi connectivity index (χ3n) is 6.06. The van der Waals surface area contributed by atoms with Crippen LogP contribution in [0.4, 0.5) is 4.79 Å². The summed E-state index contributed by atoms with van der Waals surface area (Å²) >= 11 is 0. The molecule has 0 saturated carbocycles. The first-order valence-corrected chi connectivity index (χ1v) is 11.5. The van der Waals surface area contributed by atoms with Gasteiger partial charge in [-0.05, 0) is 48.6 Å². The lowest BCUT2D eigenvalue weighted by Gasteiger charge is -2.29. The van der Waals surface area contributed by atoms with Crippen molar-refractivity contribution in [3.8, 4) is 11.5 Å². The minimum atomic E-state index is -0.612. The minimum Gasteiger partial charge on any atom is -0.457 e. The van der Waals surface area contributed by atoms with Crippen LogP contribution in [-0.2, 0) is 22.6 Å². The van der Waals surface area contributed by atoms with Crippen LogP contribution in [0.2, 0.25) is 0 Å². The van der Waals surface area contributed by atoms with E-state index in [9.17, 15) is 9.59 Å². The summed E-state index contributed by atoms with van der Waals surface area (Å²) in [5.74, 6) is 0.951. The van der Waals surface area contributed by atoms with Crippen molar-refractivity contribution in [3.63, 3.8) is 0 Å². The zero-order chi connectivity index (χ0) is 24.2. The molecule has 3 aromatic rings. The maximum absolute atomic E-state index is 13.4. The maximum Gasteiger partial charge on any atom is 0.338 e. The van der Waals surface area contributed by atoms with Crippen LogP contribution in [0.25, 0.3) is 0 Å². The number of hydrogen-bond donors (Lipinski definition) is 2. The third-order valence-corrected chi connectivity index (χ3v) is 6.06. The molecule has 0 aromatic heterocycles. The van der Waals surface area contributed by atoms with Gasteiger partial charge in [0.2, 0.25) is 6.79 Å². The molecular weight excluding hydrogens is 444 g/mol. The van der Waals surface area contributed by atoms with E-state index in [2.05, 4.69) is 10.6 Å². The third kappa shape index (κ3) is 5.14. The Balaban J connectivity index is 1.44. The normalized spacial score (nSPS) is 16.5. The molecule has 3 aromatic carbocycles. The summed E-state index contributed by atoms with van der Waals surface area (Å²) in [7, 11) is 0. The molecule has 2 aliphatic rings. The van der Waals surface area contributed by atoms with Gasteiger partial charge in [0.25, 0.3) is 0 Å². The van der Waals surface area contributed by atoms with Gasteiger partial charge in [-0.3, -0.25) is 0 Å². The van der Waals surface area contributed by atoms with Crippen molar-refractivity contribution in [3.05, 3.63) is 106 Å². The highest BCUT2D eigenvalue weighted by atomic mass is 16.7. The predicted molar refractivity (Wildman–Crippen MR) is 130 cm³/mol. The van der Waals surface area contributed by atoms with Gasteiger partial charge >= 0.3 is 12.0 Å². The van der Waals surface area contributed by atoms with Crippen LogP contribution >= 0.6 is 0 Å². The molecule has 7 heteroatoms. The summed E-state index contributed by atoms with van der Waals surface area (Å²) < 4.78 is 16.6. The number of carbonyl (C=O) groups excluding carboxylic acids is 2. The van der Waals surface area contributed by atoms with Crippen LogP contribution in [-0.4, -0.2) is 18.8 Å². The van der Waals surface area contributed by atoms with Crippen LogP contribution in [0.3, 0.4) is 0 Å². The molecule has 2 N–H and O–H groups in total. The number of aryl methyl sites for hydroxylation is 2. The number of rotatable bonds is 7. The molecule has 1 atom stereocenters. The van der Waals surface area contributed by atoms with E-state index >= 15 is 0 Å². The van der Waals surface area contributed by atoms with Crippen molar-refractivity contribution >= 4 is 12.0 Å². The van der Waals surface area contributed by atoms with Gasteiger partial charge in [-0.2, -0.15) is 0 Å². The second-order valence-electron chi connectivity index (χ2n) is 8.59. The number of urea groups is 1. The van der Waals surface area contributed by atoms with Crippen LogP contribution in [0.15, 0.2) is 84.1 Å². The lowest BCUT2D eigenvalue weighted by molar-refractivity contribution is -0.140. The summed E-state index contributed by atoms with van der Waals surface area (Å²) in [6.45, 7) is 2.33. The first kappa shape index (κ1) is 22.5. The number of fused-ring (bicyclic) bond motifs is 1. The van der Waals surface area contributed by atoms with E-state index in [0.717, 1.165) is 22.3 Å². The average Bonchev–Trinajstić information content (AvgIpc) is 3.34. The Labute approximate surface area is 203 Å². The molecule has 2 heterocycles. The summed E-state index contributed by atoms with van der Waals surface area (Å²) in [5, 5.41) is 5.76. The molecule has 0 bridgehead atoms. The van der Waals surface area contributed by atoms with E-state index in [1.165, 1.54) is 0 Å². The van der Waals surface area contributed by atoms with Gasteiger partial charge in [0.05, 0.1) is 11.6 Å². The van der Waals surface area contributed by atoms with Crippen LogP contribution in [0.5, 0.6) is 11.5 Å². The smallest absolute Gasteiger partial charge is 0.338 e. The van der Waals surface area contributed by atoms with Gasteiger partial charge in [-0.1, -0.05) is 66.2 Å². The molecule has 0 fully saturated rings. The highest BCUT2D eigenvalue weighted by Crippen LogP contribution is 2.34. The molecular formula is C28H26N2O5. The molecule has 0 saturated heterocycles. The van der Waals surface area contributed by atoms with Crippen molar-refractivity contribution in [2.45, 2.75) is 32.4 Å². The lowest BCUT2D eigenvalue weighted by atomic mass is 9.92. The Morgan fingerprint density at radius 3 is 2.60 bits per heavy atom. The Bertz CT molecular complexity index is 1290. The van der Waals surface area contributed by atoms with E-state index in [1.807, 2.05) is 79.7 Å². The van der Waals surface area contributed by atoms with E-state index in [-0.39, 0.29) is 19.4 Å². The molecule has 1 unspecified atom stereocenters. The Hall–Kier alpha value is -4.26. The fraction of sp³-hybridized carbons (Fsp3) is 0.214. The van der Waals surface area contributed by atoms with Crippen LogP contribution in [0.1, 0.15) is 34.7 Å². The number of nitrogens with one attached hydrogen (secondary N) is 2. The number of amides is 2. The summed E-state index contributed by atoms with van der Waals surface area (Å²) in [6, 6.07) is 22.1. The van der Waals surface area contributed by atoms with Crippen molar-refractivity contribution in [1.82, 2.24) is 10.6 Å². The molecule has 0 spiro atoms. The molecule has 0 radical (unpaired) electrons. The molecule has 35 heavy (non-hydrogen) atoms. The van der Waals surface area contributed by atoms with Crippen LogP contribution in [0, 0.1) is 6.92 Å². The molecule has 178 valence electrons. The van der Waals surface area contributed by atoms with E-state index in [4.69, 9.17) is 14.2 Å². The number of carbonyl (C=O) groups is 2. The Morgan fingerprint density at radius 1 is 0.943 bits per heavy atom. The number of allylic oxidation sites excluding steroid dienone is 1. The van der Waals surface area contributed by atoms with Gasteiger partial charge < -0.3 is 24.8 Å². The fourth-order valence-corrected chi connectivity index (χ4v) is 4.32.